The van der Waals surface area contributed by atoms with Crippen molar-refractivity contribution in [1.82, 2.24) is 0 Å². The zero-order chi connectivity index (χ0) is 12.8. The Morgan fingerprint density at radius 2 is 2.24 bits per heavy atom. The Kier molecular flexibility index (Phi) is 4.84. The summed E-state index contributed by atoms with van der Waals surface area (Å²) >= 11 is 0. The van der Waals surface area contributed by atoms with Gasteiger partial charge in [0.05, 0.1) is 6.04 Å². The quantitative estimate of drug-likeness (QED) is 0.832. The van der Waals surface area contributed by atoms with Crippen LogP contribution in [0, 0.1) is 0 Å². The molecule has 1 atom stereocenters. The number of carbonyl (C=O) groups excluding carboxylic acids is 1. The minimum atomic E-state index is -2.89. The number of benzene rings is 1. The highest BCUT2D eigenvalue weighted by atomic mass is 19.3. The molecule has 1 rings (SSSR count). The van der Waals surface area contributed by atoms with Crippen LogP contribution in [0.3, 0.4) is 0 Å². The predicted octanol–water partition coefficient (Wildman–Crippen LogP) is 1.96. The van der Waals surface area contributed by atoms with E-state index in [1.807, 2.05) is 0 Å². The van der Waals surface area contributed by atoms with Gasteiger partial charge in [-0.25, -0.2) is 0 Å². The highest BCUT2D eigenvalue weighted by Crippen LogP contribution is 2.19. The summed E-state index contributed by atoms with van der Waals surface area (Å²) in [5, 5.41) is 2.52. The minimum absolute atomic E-state index is 0.0112. The van der Waals surface area contributed by atoms with Crippen LogP contribution in [0.1, 0.15) is 13.3 Å². The first-order valence-electron chi connectivity index (χ1n) is 5.14. The second-order valence-electron chi connectivity index (χ2n) is 3.41. The average molecular weight is 244 g/mol. The third-order valence-electron chi connectivity index (χ3n) is 2.10. The molecule has 0 saturated carbocycles. The van der Waals surface area contributed by atoms with E-state index in [2.05, 4.69) is 10.1 Å². The van der Waals surface area contributed by atoms with Crippen molar-refractivity contribution in [2.75, 3.05) is 5.32 Å². The predicted molar refractivity (Wildman–Crippen MR) is 60.0 cm³/mol. The molecule has 0 aliphatic rings. The first-order chi connectivity index (χ1) is 8.02. The lowest BCUT2D eigenvalue weighted by atomic mass is 10.2. The van der Waals surface area contributed by atoms with E-state index in [9.17, 15) is 13.6 Å². The Morgan fingerprint density at radius 3 is 2.82 bits per heavy atom. The number of nitrogens with two attached hydrogens (primary N) is 1. The van der Waals surface area contributed by atoms with Gasteiger partial charge in [0.2, 0.25) is 5.91 Å². The number of rotatable bonds is 5. The summed E-state index contributed by atoms with van der Waals surface area (Å²) in [6.45, 7) is -1.11. The van der Waals surface area contributed by atoms with Gasteiger partial charge >= 0.3 is 6.61 Å². The molecular weight excluding hydrogens is 230 g/mol. The first kappa shape index (κ1) is 13.4. The van der Waals surface area contributed by atoms with Crippen molar-refractivity contribution >= 4 is 11.6 Å². The van der Waals surface area contributed by atoms with Crippen molar-refractivity contribution in [1.29, 1.82) is 0 Å². The van der Waals surface area contributed by atoms with Crippen LogP contribution in [0.5, 0.6) is 5.75 Å². The van der Waals surface area contributed by atoms with Gasteiger partial charge in [0.1, 0.15) is 5.75 Å². The Balaban J connectivity index is 2.68. The number of hydrogen-bond donors (Lipinski definition) is 2. The standard InChI is InChI=1S/C11H14F2N2O2/c1-2-9(14)10(16)15-7-4-3-5-8(6-7)17-11(12)13/h3-6,9,11H,2,14H2,1H3,(H,15,16)/t9-/m0/s1. The van der Waals surface area contributed by atoms with Gasteiger partial charge in [-0.3, -0.25) is 4.79 Å². The van der Waals surface area contributed by atoms with E-state index < -0.39 is 12.7 Å². The number of carbonyl (C=O) groups is 1. The highest BCUT2D eigenvalue weighted by molar-refractivity contribution is 5.94. The van der Waals surface area contributed by atoms with Crippen LogP contribution < -0.4 is 15.8 Å². The number of alkyl halides is 2. The summed E-state index contributed by atoms with van der Waals surface area (Å²) in [7, 11) is 0. The van der Waals surface area contributed by atoms with Gasteiger partial charge in [-0.05, 0) is 18.6 Å². The lowest BCUT2D eigenvalue weighted by molar-refractivity contribution is -0.117. The molecule has 0 aliphatic carbocycles. The van der Waals surface area contributed by atoms with Gasteiger partial charge in [-0.1, -0.05) is 13.0 Å². The van der Waals surface area contributed by atoms with Gasteiger partial charge < -0.3 is 15.8 Å². The van der Waals surface area contributed by atoms with Gasteiger partial charge in [0.15, 0.2) is 0 Å². The van der Waals surface area contributed by atoms with Gasteiger partial charge in [-0.2, -0.15) is 8.78 Å². The molecule has 17 heavy (non-hydrogen) atoms. The second-order valence-corrected chi connectivity index (χ2v) is 3.41. The molecular formula is C11H14F2N2O2. The van der Waals surface area contributed by atoms with Gasteiger partial charge in [-0.15, -0.1) is 0 Å². The maximum Gasteiger partial charge on any atom is 0.387 e. The molecule has 94 valence electrons. The lowest BCUT2D eigenvalue weighted by Crippen LogP contribution is -2.34. The summed E-state index contributed by atoms with van der Waals surface area (Å²) < 4.78 is 28.1. The zero-order valence-electron chi connectivity index (χ0n) is 9.32. The van der Waals surface area contributed by atoms with Crippen LogP contribution in [0.25, 0.3) is 0 Å². The van der Waals surface area contributed by atoms with Crippen molar-refractivity contribution in [3.8, 4) is 5.75 Å². The molecule has 0 spiro atoms. The highest BCUT2D eigenvalue weighted by Gasteiger charge is 2.11. The SMILES string of the molecule is CC[C@H](N)C(=O)Nc1cccc(OC(F)F)c1. The number of halogens is 2. The topological polar surface area (TPSA) is 64.4 Å². The van der Waals surface area contributed by atoms with E-state index in [1.165, 1.54) is 18.2 Å². The summed E-state index contributed by atoms with van der Waals surface area (Å²) in [6, 6.07) is 5.15. The maximum absolute atomic E-state index is 12.0. The Morgan fingerprint density at radius 1 is 1.53 bits per heavy atom. The number of nitrogens with one attached hydrogen (secondary N) is 1. The molecule has 1 aromatic rings. The molecule has 0 fully saturated rings. The van der Waals surface area contributed by atoms with E-state index in [-0.39, 0.29) is 11.7 Å². The van der Waals surface area contributed by atoms with E-state index >= 15 is 0 Å². The van der Waals surface area contributed by atoms with Gasteiger partial charge in [0.25, 0.3) is 0 Å². The van der Waals surface area contributed by atoms with Crippen LogP contribution in [0.4, 0.5) is 14.5 Å². The van der Waals surface area contributed by atoms with E-state index in [1.54, 1.807) is 13.0 Å². The van der Waals surface area contributed by atoms with E-state index in [0.29, 0.717) is 12.1 Å². The van der Waals surface area contributed by atoms with Crippen molar-refractivity contribution in [3.63, 3.8) is 0 Å². The minimum Gasteiger partial charge on any atom is -0.435 e. The summed E-state index contributed by atoms with van der Waals surface area (Å²) in [6.07, 6.45) is 0.499. The maximum atomic E-state index is 12.0. The van der Waals surface area contributed by atoms with Crippen LogP contribution >= 0.6 is 0 Å². The molecule has 0 aliphatic heterocycles. The second kappa shape index (κ2) is 6.15. The molecule has 0 bridgehead atoms. The molecule has 1 amide bonds. The third kappa shape index (κ3) is 4.36. The fraction of sp³-hybridized carbons (Fsp3) is 0.364. The van der Waals surface area contributed by atoms with E-state index in [4.69, 9.17) is 5.73 Å². The number of anilines is 1. The van der Waals surface area contributed by atoms with Crippen molar-refractivity contribution in [2.45, 2.75) is 26.0 Å². The van der Waals surface area contributed by atoms with Crippen LogP contribution in [0.15, 0.2) is 24.3 Å². The monoisotopic (exact) mass is 244 g/mol. The summed E-state index contributed by atoms with van der Waals surface area (Å²) in [5.41, 5.74) is 5.89. The smallest absolute Gasteiger partial charge is 0.387 e. The number of hydrogen-bond acceptors (Lipinski definition) is 3. The average Bonchev–Trinajstić information content (AvgIpc) is 2.27. The first-order valence-corrected chi connectivity index (χ1v) is 5.14. The molecule has 4 nitrogen and oxygen atoms in total. The number of ether oxygens (including phenoxy) is 1. The Hall–Kier alpha value is -1.69. The summed E-state index contributed by atoms with van der Waals surface area (Å²) in [4.78, 5) is 11.5. The van der Waals surface area contributed by atoms with Crippen molar-refractivity contribution in [2.24, 2.45) is 5.73 Å². The van der Waals surface area contributed by atoms with E-state index in [0.717, 1.165) is 0 Å². The van der Waals surface area contributed by atoms with Crippen molar-refractivity contribution < 1.29 is 18.3 Å². The molecule has 6 heteroatoms. The molecule has 0 unspecified atom stereocenters. The summed E-state index contributed by atoms with van der Waals surface area (Å²) in [5.74, 6) is -0.371. The fourth-order valence-corrected chi connectivity index (χ4v) is 1.17. The molecule has 3 N–H and O–H groups in total. The lowest BCUT2D eigenvalue weighted by Gasteiger charge is -2.11. The van der Waals surface area contributed by atoms with Gasteiger partial charge in [0, 0.05) is 11.8 Å². The molecule has 0 aromatic heterocycles. The molecule has 1 aromatic carbocycles. The Bertz CT molecular complexity index is 385. The molecule has 0 radical (unpaired) electrons. The van der Waals surface area contributed by atoms with Crippen LogP contribution in [-0.4, -0.2) is 18.6 Å². The largest absolute Gasteiger partial charge is 0.435 e. The molecule has 0 saturated heterocycles. The van der Waals surface area contributed by atoms with Crippen LogP contribution in [0.2, 0.25) is 0 Å². The van der Waals surface area contributed by atoms with Crippen molar-refractivity contribution in [3.05, 3.63) is 24.3 Å². The fourth-order valence-electron chi connectivity index (χ4n) is 1.17. The Labute approximate surface area is 97.8 Å². The zero-order valence-corrected chi connectivity index (χ0v) is 9.32. The van der Waals surface area contributed by atoms with Crippen LogP contribution in [-0.2, 0) is 4.79 Å². The third-order valence-corrected chi connectivity index (χ3v) is 2.10. The molecule has 0 heterocycles. The number of amides is 1. The normalized spacial score (nSPS) is 12.3.